The summed E-state index contributed by atoms with van der Waals surface area (Å²) in [6.07, 6.45) is 1.52. The number of amides is 1. The molecule has 2 N–H and O–H groups in total. The molecule has 0 radical (unpaired) electrons. The molecule has 0 aliphatic heterocycles. The number of hydrogen-bond acceptors (Lipinski definition) is 4. The summed E-state index contributed by atoms with van der Waals surface area (Å²) in [6, 6.07) is 13.0. The van der Waals surface area contributed by atoms with Gasteiger partial charge in [-0.15, -0.1) is 5.10 Å². The van der Waals surface area contributed by atoms with Crippen LogP contribution in [0.15, 0.2) is 48.8 Å². The number of rotatable bonds is 3. The van der Waals surface area contributed by atoms with Crippen LogP contribution in [0.4, 0.5) is 5.69 Å². The Bertz CT molecular complexity index is 1050. The molecule has 7 nitrogen and oxygen atoms in total. The highest BCUT2D eigenvalue weighted by Crippen LogP contribution is 2.23. The number of H-pyrrole nitrogens is 1. The number of aryl methyl sites for hydroxylation is 2. The normalized spacial score (nSPS) is 11.0. The molecule has 0 spiro atoms. The lowest BCUT2D eigenvalue weighted by Crippen LogP contribution is -2.11. The minimum Gasteiger partial charge on any atom is -0.358 e. The molecule has 124 valence electrons. The summed E-state index contributed by atoms with van der Waals surface area (Å²) < 4.78 is 1.55. The Kier molecular flexibility index (Phi) is 3.53. The maximum absolute atomic E-state index is 12.5. The monoisotopic (exact) mass is 332 g/mol. The lowest BCUT2D eigenvalue weighted by molar-refractivity contribution is 0.102. The Balaban J connectivity index is 1.56. The third kappa shape index (κ3) is 2.76. The molecule has 0 aliphatic carbocycles. The average Bonchev–Trinajstić information content (AvgIpc) is 3.25. The van der Waals surface area contributed by atoms with Crippen molar-refractivity contribution in [1.29, 1.82) is 0 Å². The Morgan fingerprint density at radius 1 is 1.12 bits per heavy atom. The Morgan fingerprint density at radius 2 is 1.92 bits per heavy atom. The molecule has 0 atom stereocenters. The first-order chi connectivity index (χ1) is 12.1. The van der Waals surface area contributed by atoms with Crippen molar-refractivity contribution in [2.24, 2.45) is 0 Å². The SMILES string of the molecule is Cc1[nH]c2ccc(C(=O)Nc3ccc(-n4cnnn4)cc3)cc2c1C. The van der Waals surface area contributed by atoms with Crippen molar-refractivity contribution in [1.82, 2.24) is 25.2 Å². The number of carbonyl (C=O) groups is 1. The van der Waals surface area contributed by atoms with Gasteiger partial charge in [0.15, 0.2) is 0 Å². The predicted molar refractivity (Wildman–Crippen MR) is 94.9 cm³/mol. The molecule has 7 heteroatoms. The second-order valence-corrected chi connectivity index (χ2v) is 5.89. The fourth-order valence-corrected chi connectivity index (χ4v) is 2.78. The van der Waals surface area contributed by atoms with E-state index in [1.807, 2.05) is 56.3 Å². The molecule has 4 aromatic rings. The van der Waals surface area contributed by atoms with Gasteiger partial charge in [0.1, 0.15) is 6.33 Å². The van der Waals surface area contributed by atoms with Crippen molar-refractivity contribution in [3.63, 3.8) is 0 Å². The highest BCUT2D eigenvalue weighted by Gasteiger charge is 2.10. The molecule has 0 fully saturated rings. The summed E-state index contributed by atoms with van der Waals surface area (Å²) >= 11 is 0. The molecular formula is C18H16N6O. The number of fused-ring (bicyclic) bond motifs is 1. The van der Waals surface area contributed by atoms with Crippen LogP contribution in [0, 0.1) is 13.8 Å². The van der Waals surface area contributed by atoms with Crippen molar-refractivity contribution in [3.05, 3.63) is 65.6 Å². The summed E-state index contributed by atoms with van der Waals surface area (Å²) in [6.45, 7) is 4.08. The third-order valence-electron chi connectivity index (χ3n) is 4.31. The number of carbonyl (C=O) groups excluding carboxylic acids is 1. The van der Waals surface area contributed by atoms with Crippen LogP contribution in [0.25, 0.3) is 16.6 Å². The molecule has 25 heavy (non-hydrogen) atoms. The van der Waals surface area contributed by atoms with Crippen LogP contribution in [0.2, 0.25) is 0 Å². The first kappa shape index (κ1) is 15.1. The lowest BCUT2D eigenvalue weighted by atomic mass is 10.1. The van der Waals surface area contributed by atoms with Gasteiger partial charge >= 0.3 is 0 Å². The Labute approximate surface area is 143 Å². The number of anilines is 1. The van der Waals surface area contributed by atoms with Gasteiger partial charge in [-0.2, -0.15) is 0 Å². The molecule has 0 unspecified atom stereocenters. The zero-order valence-corrected chi connectivity index (χ0v) is 13.8. The quantitative estimate of drug-likeness (QED) is 0.603. The smallest absolute Gasteiger partial charge is 0.255 e. The minimum atomic E-state index is -0.143. The number of aromatic nitrogens is 5. The summed E-state index contributed by atoms with van der Waals surface area (Å²) in [5.41, 5.74) is 5.48. The molecule has 2 aromatic heterocycles. The second-order valence-electron chi connectivity index (χ2n) is 5.89. The van der Waals surface area contributed by atoms with E-state index in [2.05, 4.69) is 25.8 Å². The minimum absolute atomic E-state index is 0.143. The molecule has 4 rings (SSSR count). The fraction of sp³-hybridized carbons (Fsp3) is 0.111. The van der Waals surface area contributed by atoms with Crippen LogP contribution in [-0.4, -0.2) is 31.1 Å². The van der Waals surface area contributed by atoms with E-state index in [0.29, 0.717) is 11.3 Å². The summed E-state index contributed by atoms with van der Waals surface area (Å²) in [5, 5.41) is 15.0. The zero-order valence-electron chi connectivity index (χ0n) is 13.8. The maximum atomic E-state index is 12.5. The fourth-order valence-electron chi connectivity index (χ4n) is 2.78. The first-order valence-electron chi connectivity index (χ1n) is 7.85. The molecule has 0 bridgehead atoms. The van der Waals surface area contributed by atoms with Crippen LogP contribution in [0.3, 0.4) is 0 Å². The highest BCUT2D eigenvalue weighted by atomic mass is 16.1. The van der Waals surface area contributed by atoms with Crippen molar-refractivity contribution < 1.29 is 4.79 Å². The molecule has 0 saturated heterocycles. The van der Waals surface area contributed by atoms with Gasteiger partial charge in [-0.05, 0) is 72.3 Å². The highest BCUT2D eigenvalue weighted by molar-refractivity contribution is 6.06. The van der Waals surface area contributed by atoms with E-state index in [9.17, 15) is 4.79 Å². The standard InChI is InChI=1S/C18H16N6O/c1-11-12(2)20-17-8-3-13(9-16(11)17)18(25)21-14-4-6-15(7-5-14)24-10-19-22-23-24/h3-10,20H,1-2H3,(H,21,25). The van der Waals surface area contributed by atoms with Crippen LogP contribution in [0.5, 0.6) is 0 Å². The molecule has 0 saturated carbocycles. The number of benzene rings is 2. The number of nitrogens with zero attached hydrogens (tertiary/aromatic N) is 4. The van der Waals surface area contributed by atoms with Gasteiger partial charge in [0.25, 0.3) is 5.91 Å². The largest absolute Gasteiger partial charge is 0.358 e. The summed E-state index contributed by atoms with van der Waals surface area (Å²) in [7, 11) is 0. The molecule has 2 heterocycles. The average molecular weight is 332 g/mol. The number of hydrogen-bond donors (Lipinski definition) is 2. The van der Waals surface area contributed by atoms with Gasteiger partial charge in [0.2, 0.25) is 0 Å². The third-order valence-corrected chi connectivity index (χ3v) is 4.31. The van der Waals surface area contributed by atoms with E-state index < -0.39 is 0 Å². The van der Waals surface area contributed by atoms with E-state index in [1.54, 1.807) is 4.68 Å². The maximum Gasteiger partial charge on any atom is 0.255 e. The Hall–Kier alpha value is -3.48. The van der Waals surface area contributed by atoms with Crippen LogP contribution in [-0.2, 0) is 0 Å². The number of tetrazole rings is 1. The molecule has 2 aromatic carbocycles. The van der Waals surface area contributed by atoms with Crippen LogP contribution >= 0.6 is 0 Å². The van der Waals surface area contributed by atoms with Gasteiger partial charge in [0.05, 0.1) is 5.69 Å². The zero-order chi connectivity index (χ0) is 17.4. The van der Waals surface area contributed by atoms with Crippen LogP contribution in [0.1, 0.15) is 21.6 Å². The van der Waals surface area contributed by atoms with Crippen molar-refractivity contribution >= 4 is 22.5 Å². The van der Waals surface area contributed by atoms with E-state index in [1.165, 1.54) is 6.33 Å². The van der Waals surface area contributed by atoms with Crippen LogP contribution < -0.4 is 5.32 Å². The molecule has 0 aliphatic rings. The summed E-state index contributed by atoms with van der Waals surface area (Å²) in [4.78, 5) is 15.8. The lowest BCUT2D eigenvalue weighted by Gasteiger charge is -2.07. The Morgan fingerprint density at radius 3 is 2.64 bits per heavy atom. The second kappa shape index (κ2) is 5.86. The molecular weight excluding hydrogens is 316 g/mol. The number of aromatic amines is 1. The molecule has 1 amide bonds. The van der Waals surface area contributed by atoms with Gasteiger partial charge in [0, 0.05) is 27.8 Å². The van der Waals surface area contributed by atoms with E-state index in [4.69, 9.17) is 0 Å². The van der Waals surface area contributed by atoms with Gasteiger partial charge in [-0.1, -0.05) is 0 Å². The van der Waals surface area contributed by atoms with Crippen molar-refractivity contribution in [3.8, 4) is 5.69 Å². The van der Waals surface area contributed by atoms with E-state index in [0.717, 1.165) is 27.8 Å². The van der Waals surface area contributed by atoms with Crippen molar-refractivity contribution in [2.75, 3.05) is 5.32 Å². The topological polar surface area (TPSA) is 88.5 Å². The van der Waals surface area contributed by atoms with E-state index >= 15 is 0 Å². The number of nitrogens with one attached hydrogen (secondary N) is 2. The van der Waals surface area contributed by atoms with Gasteiger partial charge in [-0.25, -0.2) is 4.68 Å². The summed E-state index contributed by atoms with van der Waals surface area (Å²) in [5.74, 6) is -0.143. The van der Waals surface area contributed by atoms with Gasteiger partial charge in [-0.3, -0.25) is 4.79 Å². The predicted octanol–water partition coefficient (Wildman–Crippen LogP) is 3.01. The first-order valence-corrected chi connectivity index (χ1v) is 7.85. The van der Waals surface area contributed by atoms with Crippen molar-refractivity contribution in [2.45, 2.75) is 13.8 Å². The van der Waals surface area contributed by atoms with E-state index in [-0.39, 0.29) is 5.91 Å². The van der Waals surface area contributed by atoms with Gasteiger partial charge < -0.3 is 10.3 Å².